The lowest BCUT2D eigenvalue weighted by Gasteiger charge is -2.19. The van der Waals surface area contributed by atoms with Gasteiger partial charge in [0.15, 0.2) is 0 Å². The van der Waals surface area contributed by atoms with Gasteiger partial charge in [0.1, 0.15) is 0 Å². The molecule has 1 aromatic rings. The van der Waals surface area contributed by atoms with E-state index in [1.165, 1.54) is 5.56 Å². The fraction of sp³-hybridized carbons (Fsp3) is 0.750. The van der Waals surface area contributed by atoms with Crippen LogP contribution in [0.4, 0.5) is 0 Å². The largest absolute Gasteiger partial charge is 0.395 e. The summed E-state index contributed by atoms with van der Waals surface area (Å²) in [6, 6.07) is 0. The van der Waals surface area contributed by atoms with Gasteiger partial charge in [0.05, 0.1) is 25.5 Å². The number of hydrogen-bond acceptors (Lipinski definition) is 4. The summed E-state index contributed by atoms with van der Waals surface area (Å²) >= 11 is 0. The fourth-order valence-corrected chi connectivity index (χ4v) is 1.99. The molecular weight excluding hydrogens is 218 g/mol. The summed E-state index contributed by atoms with van der Waals surface area (Å²) in [7, 11) is 0. The lowest BCUT2D eigenvalue weighted by atomic mass is 10.2. The molecule has 0 bridgehead atoms. The topological polar surface area (TPSA) is 61.5 Å². The first-order chi connectivity index (χ1) is 8.13. The van der Waals surface area contributed by atoms with Gasteiger partial charge in [-0.2, -0.15) is 5.10 Å². The minimum absolute atomic E-state index is 0.107. The number of aromatic nitrogens is 2. The second-order valence-corrected chi connectivity index (χ2v) is 4.19. The van der Waals surface area contributed by atoms with Gasteiger partial charge in [0.25, 0.3) is 0 Å². The summed E-state index contributed by atoms with van der Waals surface area (Å²) in [6.45, 7) is 9.32. The Bertz CT molecular complexity index is 350. The number of aryl methyl sites for hydroxylation is 1. The summed E-state index contributed by atoms with van der Waals surface area (Å²) < 4.78 is 1.84. The number of aliphatic hydroxyl groups excluding tert-OH is 2. The van der Waals surface area contributed by atoms with Crippen LogP contribution in [0, 0.1) is 13.8 Å². The van der Waals surface area contributed by atoms with Gasteiger partial charge in [-0.25, -0.2) is 0 Å². The van der Waals surface area contributed by atoms with Gasteiger partial charge >= 0.3 is 0 Å². The van der Waals surface area contributed by atoms with Gasteiger partial charge in [-0.15, -0.1) is 0 Å². The Balaban J connectivity index is 2.82. The first-order valence-corrected chi connectivity index (χ1v) is 6.11. The quantitative estimate of drug-likeness (QED) is 0.721. The predicted octanol–water partition coefficient (Wildman–Crippen LogP) is 0.306. The van der Waals surface area contributed by atoms with Crippen molar-refractivity contribution >= 4 is 0 Å². The highest BCUT2D eigenvalue weighted by Crippen LogP contribution is 2.15. The van der Waals surface area contributed by atoms with Crippen LogP contribution in [0.25, 0.3) is 0 Å². The van der Waals surface area contributed by atoms with Crippen molar-refractivity contribution in [3.8, 4) is 0 Å². The molecule has 0 unspecified atom stereocenters. The van der Waals surface area contributed by atoms with Gasteiger partial charge in [-0.05, 0) is 20.4 Å². The second kappa shape index (κ2) is 6.74. The van der Waals surface area contributed by atoms with E-state index in [0.717, 1.165) is 24.5 Å². The van der Waals surface area contributed by atoms with Crippen LogP contribution in [0.1, 0.15) is 23.9 Å². The van der Waals surface area contributed by atoms with Crippen LogP contribution < -0.4 is 0 Å². The van der Waals surface area contributed by atoms with Gasteiger partial charge < -0.3 is 10.2 Å². The van der Waals surface area contributed by atoms with Crippen molar-refractivity contribution in [2.75, 3.05) is 26.3 Å². The molecule has 0 aliphatic carbocycles. The molecule has 0 fully saturated rings. The SMILES string of the molecule is CCN(CCO)Cc1c(C)nn(CCO)c1C. The molecule has 5 nitrogen and oxygen atoms in total. The van der Waals surface area contributed by atoms with Crippen LogP contribution in [0.3, 0.4) is 0 Å². The Kier molecular flexibility index (Phi) is 5.61. The molecule has 5 heteroatoms. The van der Waals surface area contributed by atoms with Crippen molar-refractivity contribution in [3.05, 3.63) is 17.0 Å². The molecule has 1 aromatic heterocycles. The molecule has 0 aliphatic heterocycles. The Morgan fingerprint density at radius 2 is 1.94 bits per heavy atom. The maximum Gasteiger partial charge on any atom is 0.0644 e. The third-order valence-corrected chi connectivity index (χ3v) is 3.09. The van der Waals surface area contributed by atoms with Gasteiger partial charge in [0.2, 0.25) is 0 Å². The van der Waals surface area contributed by atoms with Crippen molar-refractivity contribution in [2.24, 2.45) is 0 Å². The highest BCUT2D eigenvalue weighted by molar-refractivity contribution is 5.24. The van der Waals surface area contributed by atoms with Crippen LogP contribution in [0.5, 0.6) is 0 Å². The van der Waals surface area contributed by atoms with E-state index in [-0.39, 0.29) is 13.2 Å². The molecule has 98 valence electrons. The summed E-state index contributed by atoms with van der Waals surface area (Å²) in [5.74, 6) is 0. The normalized spacial score (nSPS) is 11.4. The van der Waals surface area contributed by atoms with Crippen molar-refractivity contribution in [3.63, 3.8) is 0 Å². The Labute approximate surface area is 103 Å². The molecule has 0 aliphatic rings. The summed E-state index contributed by atoms with van der Waals surface area (Å²) in [5, 5.41) is 22.3. The average Bonchev–Trinajstić information content (AvgIpc) is 2.56. The van der Waals surface area contributed by atoms with Crippen molar-refractivity contribution in [1.29, 1.82) is 0 Å². The molecule has 1 heterocycles. The molecule has 0 radical (unpaired) electrons. The zero-order chi connectivity index (χ0) is 12.8. The first kappa shape index (κ1) is 14.2. The van der Waals surface area contributed by atoms with Crippen molar-refractivity contribution in [1.82, 2.24) is 14.7 Å². The highest BCUT2D eigenvalue weighted by Gasteiger charge is 2.13. The van der Waals surface area contributed by atoms with E-state index in [0.29, 0.717) is 13.1 Å². The molecule has 1 rings (SSSR count). The minimum atomic E-state index is 0.107. The average molecular weight is 241 g/mol. The lowest BCUT2D eigenvalue weighted by Crippen LogP contribution is -2.26. The molecule has 17 heavy (non-hydrogen) atoms. The predicted molar refractivity (Wildman–Crippen MR) is 66.8 cm³/mol. The standard InChI is InChI=1S/C12H23N3O2/c1-4-14(5-7-16)9-12-10(2)13-15(6-8-17)11(12)3/h16-17H,4-9H2,1-3H3. The lowest BCUT2D eigenvalue weighted by molar-refractivity contribution is 0.196. The van der Waals surface area contributed by atoms with E-state index in [1.54, 1.807) is 0 Å². The van der Waals surface area contributed by atoms with Crippen LogP contribution in [-0.4, -0.2) is 51.2 Å². The number of rotatable bonds is 7. The highest BCUT2D eigenvalue weighted by atomic mass is 16.3. The summed E-state index contributed by atoms with van der Waals surface area (Å²) in [5.41, 5.74) is 3.31. The zero-order valence-corrected chi connectivity index (χ0v) is 11.0. The van der Waals surface area contributed by atoms with E-state index in [4.69, 9.17) is 10.2 Å². The zero-order valence-electron chi connectivity index (χ0n) is 11.0. The maximum atomic E-state index is 8.98. The van der Waals surface area contributed by atoms with Crippen molar-refractivity contribution in [2.45, 2.75) is 33.9 Å². The number of aliphatic hydroxyl groups is 2. The molecule has 2 N–H and O–H groups in total. The molecule has 0 amide bonds. The molecule has 0 atom stereocenters. The van der Waals surface area contributed by atoms with E-state index < -0.39 is 0 Å². The van der Waals surface area contributed by atoms with Crippen LogP contribution in [0.15, 0.2) is 0 Å². The van der Waals surface area contributed by atoms with Gasteiger partial charge in [-0.1, -0.05) is 6.92 Å². The van der Waals surface area contributed by atoms with E-state index in [2.05, 4.69) is 16.9 Å². The summed E-state index contributed by atoms with van der Waals surface area (Å²) in [6.07, 6.45) is 0. The Hall–Kier alpha value is -0.910. The molecular formula is C12H23N3O2. The first-order valence-electron chi connectivity index (χ1n) is 6.11. The van der Waals surface area contributed by atoms with Crippen molar-refractivity contribution < 1.29 is 10.2 Å². The van der Waals surface area contributed by atoms with Gasteiger partial charge in [0, 0.05) is 24.3 Å². The number of hydrogen-bond donors (Lipinski definition) is 2. The molecule has 0 aromatic carbocycles. The molecule has 0 saturated heterocycles. The van der Waals surface area contributed by atoms with E-state index >= 15 is 0 Å². The third kappa shape index (κ3) is 3.52. The summed E-state index contributed by atoms with van der Waals surface area (Å²) in [4.78, 5) is 2.18. The molecule has 0 spiro atoms. The maximum absolute atomic E-state index is 8.98. The third-order valence-electron chi connectivity index (χ3n) is 3.09. The van der Waals surface area contributed by atoms with Crippen LogP contribution >= 0.6 is 0 Å². The number of nitrogens with zero attached hydrogens (tertiary/aromatic N) is 3. The van der Waals surface area contributed by atoms with Crippen LogP contribution in [-0.2, 0) is 13.1 Å². The Morgan fingerprint density at radius 3 is 2.47 bits per heavy atom. The smallest absolute Gasteiger partial charge is 0.0644 e. The minimum Gasteiger partial charge on any atom is -0.395 e. The fourth-order valence-electron chi connectivity index (χ4n) is 1.99. The Morgan fingerprint density at radius 1 is 1.24 bits per heavy atom. The van der Waals surface area contributed by atoms with E-state index in [1.807, 2.05) is 18.5 Å². The van der Waals surface area contributed by atoms with Crippen LogP contribution in [0.2, 0.25) is 0 Å². The molecule has 0 saturated carbocycles. The number of likely N-dealkylation sites (N-methyl/N-ethyl adjacent to an activating group) is 1. The van der Waals surface area contributed by atoms with E-state index in [9.17, 15) is 0 Å². The second-order valence-electron chi connectivity index (χ2n) is 4.19. The van der Waals surface area contributed by atoms with Gasteiger partial charge in [-0.3, -0.25) is 9.58 Å². The monoisotopic (exact) mass is 241 g/mol.